The van der Waals surface area contributed by atoms with Crippen LogP contribution in [0.4, 0.5) is 5.82 Å². The minimum absolute atomic E-state index is 0.604. The van der Waals surface area contributed by atoms with Gasteiger partial charge in [0.15, 0.2) is 0 Å². The fraction of sp³-hybridized carbons (Fsp3) is 0.533. The van der Waals surface area contributed by atoms with Gasteiger partial charge in [-0.3, -0.25) is 4.68 Å². The van der Waals surface area contributed by atoms with Crippen molar-refractivity contribution in [2.24, 2.45) is 0 Å². The predicted molar refractivity (Wildman–Crippen MR) is 78.6 cm³/mol. The van der Waals surface area contributed by atoms with Gasteiger partial charge in [-0.05, 0) is 32.8 Å². The number of hydrogen-bond acceptors (Lipinski definition) is 4. The molecule has 0 atom stereocenters. The molecule has 1 saturated carbocycles. The Kier molecular flexibility index (Phi) is 3.67. The third-order valence-electron chi connectivity index (χ3n) is 3.78. The average molecular weight is 271 g/mol. The van der Waals surface area contributed by atoms with E-state index in [0.717, 1.165) is 23.0 Å². The van der Waals surface area contributed by atoms with Crippen LogP contribution < -0.4 is 5.32 Å². The molecule has 1 fully saturated rings. The van der Waals surface area contributed by atoms with Crippen molar-refractivity contribution in [3.63, 3.8) is 0 Å². The smallest absolute Gasteiger partial charge is 0.130 e. The Labute approximate surface area is 119 Å². The molecule has 2 heterocycles. The topological polar surface area (TPSA) is 55.6 Å². The van der Waals surface area contributed by atoms with Gasteiger partial charge < -0.3 is 5.32 Å². The van der Waals surface area contributed by atoms with Crippen molar-refractivity contribution in [2.75, 3.05) is 5.32 Å². The van der Waals surface area contributed by atoms with Crippen LogP contribution in [0.1, 0.15) is 48.9 Å². The molecule has 0 radical (unpaired) electrons. The molecule has 0 saturated heterocycles. The van der Waals surface area contributed by atoms with Crippen LogP contribution in [0.2, 0.25) is 0 Å². The van der Waals surface area contributed by atoms with E-state index < -0.39 is 0 Å². The van der Waals surface area contributed by atoms with Crippen molar-refractivity contribution in [1.29, 1.82) is 0 Å². The van der Waals surface area contributed by atoms with Crippen LogP contribution in [0.3, 0.4) is 0 Å². The van der Waals surface area contributed by atoms with Gasteiger partial charge in [-0.15, -0.1) is 0 Å². The number of anilines is 1. The molecule has 5 heteroatoms. The Morgan fingerprint density at radius 3 is 2.80 bits per heavy atom. The van der Waals surface area contributed by atoms with E-state index >= 15 is 0 Å². The summed E-state index contributed by atoms with van der Waals surface area (Å²) in [6.45, 7) is 4.59. The van der Waals surface area contributed by atoms with Gasteiger partial charge in [0.25, 0.3) is 0 Å². The molecule has 3 rings (SSSR count). The minimum Gasteiger partial charge on any atom is -0.364 e. The predicted octanol–water partition coefficient (Wildman–Crippen LogP) is 3.02. The maximum atomic E-state index is 4.66. The van der Waals surface area contributed by atoms with Gasteiger partial charge in [0.1, 0.15) is 11.6 Å². The summed E-state index contributed by atoms with van der Waals surface area (Å²) in [7, 11) is 0. The first-order valence-corrected chi connectivity index (χ1v) is 7.31. The molecule has 20 heavy (non-hydrogen) atoms. The van der Waals surface area contributed by atoms with Gasteiger partial charge in [-0.25, -0.2) is 9.97 Å². The summed E-state index contributed by atoms with van der Waals surface area (Å²) in [4.78, 5) is 8.65. The summed E-state index contributed by atoms with van der Waals surface area (Å²) in [5, 5.41) is 7.98. The van der Waals surface area contributed by atoms with Crippen LogP contribution in [0, 0.1) is 13.8 Å². The lowest BCUT2D eigenvalue weighted by Gasteiger charge is -2.09. The highest BCUT2D eigenvalue weighted by atomic mass is 15.3. The molecule has 1 N–H and O–H groups in total. The number of nitrogens with one attached hydrogen (secondary N) is 1. The monoisotopic (exact) mass is 271 g/mol. The highest BCUT2D eigenvalue weighted by molar-refractivity contribution is 5.36. The van der Waals surface area contributed by atoms with Crippen LogP contribution in [0.15, 0.2) is 18.3 Å². The Bertz CT molecular complexity index is 563. The van der Waals surface area contributed by atoms with Crippen molar-refractivity contribution >= 4 is 5.82 Å². The zero-order valence-electron chi connectivity index (χ0n) is 12.1. The third kappa shape index (κ3) is 2.98. The highest BCUT2D eigenvalue weighted by Gasteiger charge is 2.17. The average Bonchev–Trinajstić information content (AvgIpc) is 3.06. The van der Waals surface area contributed by atoms with Crippen LogP contribution >= 0.6 is 0 Å². The molecular formula is C15H21N5. The molecule has 2 aromatic rings. The molecule has 0 unspecified atom stereocenters. The summed E-state index contributed by atoms with van der Waals surface area (Å²) < 4.78 is 2.13. The molecule has 106 valence electrons. The second-order valence-electron chi connectivity index (χ2n) is 5.52. The minimum atomic E-state index is 0.604. The van der Waals surface area contributed by atoms with Gasteiger partial charge in [-0.1, -0.05) is 12.8 Å². The molecule has 0 bridgehead atoms. The van der Waals surface area contributed by atoms with E-state index in [0.29, 0.717) is 12.6 Å². The zero-order valence-corrected chi connectivity index (χ0v) is 12.1. The quantitative estimate of drug-likeness (QED) is 0.928. The Morgan fingerprint density at radius 1 is 1.25 bits per heavy atom. The first-order valence-electron chi connectivity index (χ1n) is 7.31. The fourth-order valence-corrected chi connectivity index (χ4v) is 2.83. The van der Waals surface area contributed by atoms with Crippen molar-refractivity contribution in [3.05, 3.63) is 35.5 Å². The summed E-state index contributed by atoms with van der Waals surface area (Å²) in [6.07, 6.45) is 7.29. The summed E-state index contributed by atoms with van der Waals surface area (Å²) >= 11 is 0. The van der Waals surface area contributed by atoms with E-state index in [1.165, 1.54) is 25.7 Å². The van der Waals surface area contributed by atoms with E-state index in [1.807, 2.05) is 19.9 Å². The molecule has 5 nitrogen and oxygen atoms in total. The fourth-order valence-electron chi connectivity index (χ4n) is 2.83. The van der Waals surface area contributed by atoms with Crippen LogP contribution in [0.25, 0.3) is 0 Å². The molecule has 0 amide bonds. The first kappa shape index (κ1) is 13.1. The molecule has 2 aromatic heterocycles. The SMILES string of the molecule is Cc1cc(NCc2ccn(C3CCCC3)n2)nc(C)n1. The molecule has 1 aliphatic rings. The largest absolute Gasteiger partial charge is 0.364 e. The van der Waals surface area contributed by atoms with E-state index in [1.54, 1.807) is 0 Å². The van der Waals surface area contributed by atoms with Crippen LogP contribution in [-0.2, 0) is 6.54 Å². The van der Waals surface area contributed by atoms with Gasteiger partial charge in [0, 0.05) is 18.0 Å². The third-order valence-corrected chi connectivity index (χ3v) is 3.78. The van der Waals surface area contributed by atoms with E-state index in [9.17, 15) is 0 Å². The van der Waals surface area contributed by atoms with E-state index in [4.69, 9.17) is 0 Å². The lowest BCUT2D eigenvalue weighted by Crippen LogP contribution is -2.08. The number of aromatic nitrogens is 4. The standard InChI is InChI=1S/C15H21N5/c1-11-9-15(18-12(2)17-11)16-10-13-7-8-20(19-13)14-5-3-4-6-14/h7-9,14H,3-6,10H2,1-2H3,(H,16,17,18). The van der Waals surface area contributed by atoms with E-state index in [-0.39, 0.29) is 0 Å². The zero-order chi connectivity index (χ0) is 13.9. The van der Waals surface area contributed by atoms with Gasteiger partial charge in [-0.2, -0.15) is 5.10 Å². The summed E-state index contributed by atoms with van der Waals surface area (Å²) in [5.74, 6) is 1.66. The van der Waals surface area contributed by atoms with Gasteiger partial charge >= 0.3 is 0 Å². The van der Waals surface area contributed by atoms with Crippen molar-refractivity contribution < 1.29 is 0 Å². The number of rotatable bonds is 4. The molecule has 0 spiro atoms. The molecular weight excluding hydrogens is 250 g/mol. The van der Waals surface area contributed by atoms with E-state index in [2.05, 4.69) is 37.3 Å². The Balaban J connectivity index is 1.63. The van der Waals surface area contributed by atoms with Gasteiger partial charge in [0.05, 0.1) is 18.3 Å². The van der Waals surface area contributed by atoms with Crippen LogP contribution in [-0.4, -0.2) is 19.7 Å². The molecule has 0 aromatic carbocycles. The van der Waals surface area contributed by atoms with Crippen molar-refractivity contribution in [3.8, 4) is 0 Å². The molecule has 1 aliphatic carbocycles. The normalized spacial score (nSPS) is 15.7. The maximum absolute atomic E-state index is 4.66. The second-order valence-corrected chi connectivity index (χ2v) is 5.52. The number of aryl methyl sites for hydroxylation is 2. The second kappa shape index (κ2) is 5.61. The maximum Gasteiger partial charge on any atom is 0.130 e. The lowest BCUT2D eigenvalue weighted by atomic mass is 10.3. The van der Waals surface area contributed by atoms with Crippen LogP contribution in [0.5, 0.6) is 0 Å². The number of hydrogen-bond donors (Lipinski definition) is 1. The summed E-state index contributed by atoms with van der Waals surface area (Å²) in [5.41, 5.74) is 2.04. The Hall–Kier alpha value is -1.91. The molecule has 0 aliphatic heterocycles. The number of nitrogens with zero attached hydrogens (tertiary/aromatic N) is 4. The first-order chi connectivity index (χ1) is 9.70. The highest BCUT2D eigenvalue weighted by Crippen LogP contribution is 2.28. The van der Waals surface area contributed by atoms with Crippen molar-refractivity contribution in [1.82, 2.24) is 19.7 Å². The lowest BCUT2D eigenvalue weighted by molar-refractivity contribution is 0.463. The Morgan fingerprint density at radius 2 is 2.05 bits per heavy atom. The van der Waals surface area contributed by atoms with Crippen molar-refractivity contribution in [2.45, 2.75) is 52.1 Å². The van der Waals surface area contributed by atoms with Gasteiger partial charge in [0.2, 0.25) is 0 Å². The summed E-state index contributed by atoms with van der Waals surface area (Å²) in [6, 6.07) is 4.65.